The highest BCUT2D eigenvalue weighted by molar-refractivity contribution is 7.30. The minimum absolute atomic E-state index is 1.75. The Morgan fingerprint density at radius 1 is 0.688 bits per heavy atom. The van der Waals surface area contributed by atoms with Crippen LogP contribution in [0.1, 0.15) is 0 Å². The molecule has 2 N–H and O–H groups in total. The predicted octanol–water partition coefficient (Wildman–Crippen LogP) is 1.79. The molecule has 0 saturated heterocycles. The van der Waals surface area contributed by atoms with Gasteiger partial charge in [0.05, 0.1) is 0 Å². The first-order valence-corrected chi connectivity index (χ1v) is 5.45. The number of pyridine rings is 2. The first kappa shape index (κ1) is 14.3. The van der Waals surface area contributed by atoms with Crippen LogP contribution in [0.4, 0.5) is 0 Å². The number of rotatable bonds is 0. The smallest absolute Gasteiger partial charge is 0.265 e. The summed E-state index contributed by atoms with van der Waals surface area (Å²) in [6, 6.07) is 11.4. The molecule has 0 aliphatic rings. The third-order valence-electron chi connectivity index (χ3n) is 1.13. The fraction of sp³-hybridized carbons (Fsp3) is 0. The Kier molecular flexibility index (Phi) is 10.2. The van der Waals surface area contributed by atoms with Gasteiger partial charge in [-0.1, -0.05) is 12.1 Å². The molecule has 2 rings (SSSR count). The summed E-state index contributed by atoms with van der Waals surface area (Å²) in [5.74, 6) is 0. The molecule has 0 amide bonds. The molecule has 0 fully saturated rings. The lowest BCUT2D eigenvalue weighted by Gasteiger charge is -1.70. The SMILES string of the molecule is O=[P+](O)O.c1ccncc1.c1ccncc1. The van der Waals surface area contributed by atoms with E-state index >= 15 is 0 Å². The molecule has 2 heterocycles. The summed E-state index contributed by atoms with van der Waals surface area (Å²) in [4.78, 5) is 21.8. The average molecular weight is 239 g/mol. The zero-order valence-corrected chi connectivity index (χ0v) is 9.31. The van der Waals surface area contributed by atoms with E-state index in [0.29, 0.717) is 0 Å². The van der Waals surface area contributed by atoms with Crippen molar-refractivity contribution in [1.82, 2.24) is 9.97 Å². The Morgan fingerprint density at radius 3 is 1.00 bits per heavy atom. The van der Waals surface area contributed by atoms with Crippen LogP contribution in [0.5, 0.6) is 0 Å². The minimum atomic E-state index is -2.87. The average Bonchev–Trinajstić information content (AvgIpc) is 2.34. The normalized spacial score (nSPS) is 7.62. The third-order valence-corrected chi connectivity index (χ3v) is 1.13. The van der Waals surface area contributed by atoms with Gasteiger partial charge in [-0.05, 0) is 24.3 Å². The molecular formula is C10H12N2O3P+. The minimum Gasteiger partial charge on any atom is -0.265 e. The molecule has 0 bridgehead atoms. The monoisotopic (exact) mass is 239 g/mol. The second kappa shape index (κ2) is 11.4. The topological polar surface area (TPSA) is 83.3 Å². The molecule has 5 nitrogen and oxygen atoms in total. The second-order valence-corrected chi connectivity index (χ2v) is 2.81. The van der Waals surface area contributed by atoms with Gasteiger partial charge in [0.2, 0.25) is 0 Å². The van der Waals surface area contributed by atoms with E-state index in [0.717, 1.165) is 0 Å². The lowest BCUT2D eigenvalue weighted by molar-refractivity contribution is 0.405. The van der Waals surface area contributed by atoms with Gasteiger partial charge in [0, 0.05) is 29.4 Å². The van der Waals surface area contributed by atoms with Crippen molar-refractivity contribution in [2.24, 2.45) is 0 Å². The highest BCUT2D eigenvalue weighted by atomic mass is 31.1. The van der Waals surface area contributed by atoms with Crippen LogP contribution in [-0.4, -0.2) is 19.8 Å². The number of aromatic nitrogens is 2. The predicted molar refractivity (Wildman–Crippen MR) is 60.5 cm³/mol. The number of hydrogen-bond acceptors (Lipinski definition) is 3. The first-order valence-electron chi connectivity index (χ1n) is 4.28. The Hall–Kier alpha value is -1.68. The van der Waals surface area contributed by atoms with Crippen LogP contribution >= 0.6 is 8.25 Å². The molecule has 6 heteroatoms. The van der Waals surface area contributed by atoms with Gasteiger partial charge in [0.25, 0.3) is 0 Å². The zero-order valence-electron chi connectivity index (χ0n) is 8.42. The highest BCUT2D eigenvalue weighted by Gasteiger charge is 1.93. The van der Waals surface area contributed by atoms with Gasteiger partial charge in [-0.15, -0.1) is 9.79 Å². The maximum absolute atomic E-state index is 8.70. The van der Waals surface area contributed by atoms with E-state index in [2.05, 4.69) is 9.97 Å². The largest absolute Gasteiger partial charge is 0.692 e. The van der Waals surface area contributed by atoms with Crippen LogP contribution < -0.4 is 0 Å². The van der Waals surface area contributed by atoms with Crippen LogP contribution in [0.15, 0.2) is 61.2 Å². The van der Waals surface area contributed by atoms with Gasteiger partial charge in [-0.25, -0.2) is 0 Å². The summed E-state index contributed by atoms with van der Waals surface area (Å²) in [5, 5.41) is 0. The van der Waals surface area contributed by atoms with Crippen LogP contribution in [-0.2, 0) is 4.57 Å². The zero-order chi connectivity index (χ0) is 12.1. The Morgan fingerprint density at radius 2 is 0.938 bits per heavy atom. The van der Waals surface area contributed by atoms with E-state index in [-0.39, 0.29) is 0 Å². The molecule has 2 aromatic heterocycles. The molecule has 0 aliphatic carbocycles. The van der Waals surface area contributed by atoms with E-state index in [1.54, 1.807) is 24.8 Å². The molecule has 0 aromatic carbocycles. The van der Waals surface area contributed by atoms with Gasteiger partial charge in [0.1, 0.15) is 0 Å². The molecule has 0 atom stereocenters. The summed E-state index contributed by atoms with van der Waals surface area (Å²) in [7, 11) is -2.87. The highest BCUT2D eigenvalue weighted by Crippen LogP contribution is 1.98. The van der Waals surface area contributed by atoms with Crippen molar-refractivity contribution in [3.63, 3.8) is 0 Å². The van der Waals surface area contributed by atoms with Crippen molar-refractivity contribution >= 4 is 8.25 Å². The van der Waals surface area contributed by atoms with E-state index < -0.39 is 8.25 Å². The standard InChI is InChI=1S/2C5H5N.HO3P/c2*1-2-4-6-5-3-1;1-4(2)3/h2*1-5H;(H-,1,2,3)/p+1. The lowest BCUT2D eigenvalue weighted by Crippen LogP contribution is -1.58. The quantitative estimate of drug-likeness (QED) is 0.685. The molecule has 0 saturated carbocycles. The molecule has 0 radical (unpaired) electrons. The first-order chi connectivity index (χ1) is 7.73. The molecule has 0 aliphatic heterocycles. The molecule has 2 aromatic rings. The van der Waals surface area contributed by atoms with Crippen molar-refractivity contribution in [2.75, 3.05) is 0 Å². The van der Waals surface area contributed by atoms with Crippen molar-refractivity contribution in [1.29, 1.82) is 0 Å². The van der Waals surface area contributed by atoms with Gasteiger partial charge in [-0.3, -0.25) is 9.97 Å². The molecule has 0 spiro atoms. The molecule has 0 unspecified atom stereocenters. The van der Waals surface area contributed by atoms with Crippen LogP contribution in [0.2, 0.25) is 0 Å². The van der Waals surface area contributed by atoms with Crippen molar-refractivity contribution in [3.8, 4) is 0 Å². The van der Waals surface area contributed by atoms with E-state index in [4.69, 9.17) is 14.4 Å². The second-order valence-electron chi connectivity index (χ2n) is 2.30. The molecular weight excluding hydrogens is 227 g/mol. The van der Waals surface area contributed by atoms with Gasteiger partial charge >= 0.3 is 8.25 Å². The summed E-state index contributed by atoms with van der Waals surface area (Å²) in [6.45, 7) is 0. The van der Waals surface area contributed by atoms with Crippen molar-refractivity contribution in [2.45, 2.75) is 0 Å². The number of nitrogens with zero attached hydrogens (tertiary/aromatic N) is 2. The van der Waals surface area contributed by atoms with E-state index in [1.807, 2.05) is 36.4 Å². The number of hydrogen-bond donors (Lipinski definition) is 2. The van der Waals surface area contributed by atoms with E-state index in [1.165, 1.54) is 0 Å². The molecule has 16 heavy (non-hydrogen) atoms. The van der Waals surface area contributed by atoms with Gasteiger partial charge < -0.3 is 0 Å². The van der Waals surface area contributed by atoms with Crippen LogP contribution in [0.3, 0.4) is 0 Å². The van der Waals surface area contributed by atoms with Crippen molar-refractivity contribution < 1.29 is 14.4 Å². The van der Waals surface area contributed by atoms with Gasteiger partial charge in [0.15, 0.2) is 0 Å². The summed E-state index contributed by atoms with van der Waals surface area (Å²) in [6.07, 6.45) is 7.00. The van der Waals surface area contributed by atoms with Crippen LogP contribution in [0, 0.1) is 0 Å². The third kappa shape index (κ3) is 14.8. The fourth-order valence-corrected chi connectivity index (χ4v) is 0.625. The fourth-order valence-electron chi connectivity index (χ4n) is 0.625. The summed E-state index contributed by atoms with van der Waals surface area (Å²) >= 11 is 0. The van der Waals surface area contributed by atoms with Crippen molar-refractivity contribution in [3.05, 3.63) is 61.2 Å². The maximum atomic E-state index is 8.70. The molecule has 84 valence electrons. The lowest BCUT2D eigenvalue weighted by atomic mass is 10.5. The Bertz CT molecular complexity index is 270. The maximum Gasteiger partial charge on any atom is 0.692 e. The Balaban J connectivity index is 0.000000217. The summed E-state index contributed by atoms with van der Waals surface area (Å²) < 4.78 is 8.70. The van der Waals surface area contributed by atoms with Crippen LogP contribution in [0.25, 0.3) is 0 Å². The van der Waals surface area contributed by atoms with Gasteiger partial charge in [-0.2, -0.15) is 0 Å². The van der Waals surface area contributed by atoms with E-state index in [9.17, 15) is 0 Å². The summed E-state index contributed by atoms with van der Waals surface area (Å²) in [5.41, 5.74) is 0. The Labute approximate surface area is 94.4 Å².